The molecule has 2 fully saturated rings. The number of nitrogens with zero attached hydrogens (tertiary/aromatic N) is 1. The zero-order valence-electron chi connectivity index (χ0n) is 14.4. The maximum absolute atomic E-state index is 12.0. The maximum atomic E-state index is 12.0. The van der Waals surface area contributed by atoms with Crippen LogP contribution in [0.2, 0.25) is 0 Å². The molecule has 23 heavy (non-hydrogen) atoms. The number of Topliss-reactive ketones (excluding diaryl/α,β-unsaturated/α-hetero) is 1. The van der Waals surface area contributed by atoms with Crippen molar-refractivity contribution >= 4 is 5.78 Å². The molecular weight excluding hydrogens is 290 g/mol. The number of rotatable bonds is 5. The topological polar surface area (TPSA) is 38.8 Å². The normalized spacial score (nSPS) is 27.8. The molecule has 1 aliphatic carbocycles. The van der Waals surface area contributed by atoms with Crippen LogP contribution in [0, 0.1) is 0 Å². The second-order valence-electron chi connectivity index (χ2n) is 6.86. The van der Waals surface area contributed by atoms with E-state index in [-0.39, 0.29) is 5.41 Å². The predicted molar refractivity (Wildman–Crippen MR) is 90.4 cm³/mol. The summed E-state index contributed by atoms with van der Waals surface area (Å²) in [4.78, 5) is 14.3. The van der Waals surface area contributed by atoms with E-state index in [1.165, 1.54) is 5.56 Å². The number of methoxy groups -OCH3 is 1. The molecule has 1 saturated heterocycles. The lowest BCUT2D eigenvalue weighted by molar-refractivity contribution is -0.122. The highest BCUT2D eigenvalue weighted by molar-refractivity contribution is 5.81. The summed E-state index contributed by atoms with van der Waals surface area (Å²) in [6.45, 7) is 3.84. The van der Waals surface area contributed by atoms with Gasteiger partial charge in [-0.25, -0.2) is 0 Å². The number of likely N-dealkylation sites (tertiary alicyclic amines) is 1. The summed E-state index contributed by atoms with van der Waals surface area (Å²) in [6, 6.07) is 6.65. The van der Waals surface area contributed by atoms with Gasteiger partial charge in [0.15, 0.2) is 11.5 Å². The zero-order valence-corrected chi connectivity index (χ0v) is 14.4. The third-order valence-electron chi connectivity index (χ3n) is 5.55. The fourth-order valence-electron chi connectivity index (χ4n) is 4.24. The Balaban J connectivity index is 1.97. The average Bonchev–Trinajstić information content (AvgIpc) is 2.90. The van der Waals surface area contributed by atoms with Crippen LogP contribution < -0.4 is 9.47 Å². The quantitative estimate of drug-likeness (QED) is 0.836. The molecule has 0 spiro atoms. The summed E-state index contributed by atoms with van der Waals surface area (Å²) in [7, 11) is 3.82. The standard InChI is InChI=1S/C19H27NO3/c1-4-11-23-17-12-14(5-6-16(17)22-3)19-8-7-15(21)13-18(19)20(2)10-9-19/h5-6,12,18H,4,7-11,13H2,1-3H3. The van der Waals surface area contributed by atoms with Crippen molar-refractivity contribution in [3.8, 4) is 11.5 Å². The number of carbonyl (C=O) groups excluding carboxylic acids is 1. The van der Waals surface area contributed by atoms with Gasteiger partial charge in [-0.3, -0.25) is 4.79 Å². The molecule has 2 atom stereocenters. The van der Waals surface area contributed by atoms with Crippen LogP contribution in [0.4, 0.5) is 0 Å². The van der Waals surface area contributed by atoms with Gasteiger partial charge in [0.1, 0.15) is 5.78 Å². The second kappa shape index (κ2) is 6.52. The Morgan fingerprint density at radius 3 is 2.87 bits per heavy atom. The van der Waals surface area contributed by atoms with Crippen molar-refractivity contribution in [2.24, 2.45) is 0 Å². The van der Waals surface area contributed by atoms with E-state index < -0.39 is 0 Å². The van der Waals surface area contributed by atoms with E-state index in [0.29, 0.717) is 31.3 Å². The largest absolute Gasteiger partial charge is 0.493 e. The van der Waals surface area contributed by atoms with Gasteiger partial charge >= 0.3 is 0 Å². The molecule has 0 radical (unpaired) electrons. The van der Waals surface area contributed by atoms with Crippen molar-refractivity contribution in [2.75, 3.05) is 27.3 Å². The van der Waals surface area contributed by atoms with Gasteiger partial charge in [0.25, 0.3) is 0 Å². The molecule has 2 aliphatic rings. The van der Waals surface area contributed by atoms with Crippen LogP contribution >= 0.6 is 0 Å². The molecule has 0 N–H and O–H groups in total. The van der Waals surface area contributed by atoms with E-state index in [2.05, 4.69) is 31.0 Å². The lowest BCUT2D eigenvalue weighted by atomic mass is 9.66. The Kier molecular flexibility index (Phi) is 4.62. The van der Waals surface area contributed by atoms with Crippen LogP contribution in [0.15, 0.2) is 18.2 Å². The number of hydrogen-bond donors (Lipinski definition) is 0. The van der Waals surface area contributed by atoms with Gasteiger partial charge in [-0.1, -0.05) is 13.0 Å². The Morgan fingerprint density at radius 2 is 2.13 bits per heavy atom. The first kappa shape index (κ1) is 16.3. The van der Waals surface area contributed by atoms with Crippen molar-refractivity contribution in [1.82, 2.24) is 4.90 Å². The lowest BCUT2D eigenvalue weighted by Crippen LogP contribution is -2.46. The van der Waals surface area contributed by atoms with E-state index in [4.69, 9.17) is 9.47 Å². The Hall–Kier alpha value is -1.55. The van der Waals surface area contributed by atoms with Gasteiger partial charge in [0.05, 0.1) is 13.7 Å². The summed E-state index contributed by atoms with van der Waals surface area (Å²) in [5.41, 5.74) is 1.38. The molecule has 1 aromatic rings. The average molecular weight is 317 g/mol. The highest BCUT2D eigenvalue weighted by Crippen LogP contribution is 2.49. The molecule has 1 aliphatic heterocycles. The van der Waals surface area contributed by atoms with E-state index in [9.17, 15) is 4.79 Å². The van der Waals surface area contributed by atoms with E-state index in [1.807, 2.05) is 6.07 Å². The molecule has 1 heterocycles. The number of hydrogen-bond acceptors (Lipinski definition) is 4. The number of likely N-dealkylation sites (N-methyl/N-ethyl adjacent to an activating group) is 1. The summed E-state index contributed by atoms with van der Waals surface area (Å²) in [6.07, 6.45) is 4.40. The number of benzene rings is 1. The van der Waals surface area contributed by atoms with Crippen LogP contribution in [0.3, 0.4) is 0 Å². The molecule has 0 aromatic heterocycles. The summed E-state index contributed by atoms with van der Waals surface area (Å²) >= 11 is 0. The van der Waals surface area contributed by atoms with Crippen molar-refractivity contribution < 1.29 is 14.3 Å². The Bertz CT molecular complexity index is 586. The first-order valence-electron chi connectivity index (χ1n) is 8.64. The second-order valence-corrected chi connectivity index (χ2v) is 6.86. The minimum absolute atomic E-state index is 0.0826. The highest BCUT2D eigenvalue weighted by Gasteiger charge is 2.50. The highest BCUT2D eigenvalue weighted by atomic mass is 16.5. The van der Waals surface area contributed by atoms with Crippen molar-refractivity contribution in [1.29, 1.82) is 0 Å². The van der Waals surface area contributed by atoms with E-state index in [1.54, 1.807) is 7.11 Å². The van der Waals surface area contributed by atoms with Gasteiger partial charge in [-0.2, -0.15) is 0 Å². The first-order valence-corrected chi connectivity index (χ1v) is 8.64. The molecule has 126 valence electrons. The monoisotopic (exact) mass is 317 g/mol. The van der Waals surface area contributed by atoms with Crippen LogP contribution in [0.25, 0.3) is 0 Å². The summed E-state index contributed by atoms with van der Waals surface area (Å²) in [5.74, 6) is 2.01. The third-order valence-corrected chi connectivity index (χ3v) is 5.55. The van der Waals surface area contributed by atoms with Crippen LogP contribution in [-0.2, 0) is 10.2 Å². The third kappa shape index (κ3) is 2.85. The van der Waals surface area contributed by atoms with Crippen LogP contribution in [0.5, 0.6) is 11.5 Å². The van der Waals surface area contributed by atoms with E-state index >= 15 is 0 Å². The Labute approximate surface area is 138 Å². The van der Waals surface area contributed by atoms with Gasteiger partial charge in [0, 0.05) is 24.3 Å². The minimum Gasteiger partial charge on any atom is -0.493 e. The molecule has 1 saturated carbocycles. The van der Waals surface area contributed by atoms with Gasteiger partial charge < -0.3 is 14.4 Å². The van der Waals surface area contributed by atoms with Gasteiger partial charge in [0.2, 0.25) is 0 Å². The Morgan fingerprint density at radius 1 is 1.30 bits per heavy atom. The minimum atomic E-state index is 0.0826. The van der Waals surface area contributed by atoms with Crippen LogP contribution in [0.1, 0.15) is 44.6 Å². The maximum Gasteiger partial charge on any atom is 0.161 e. The fourth-order valence-corrected chi connectivity index (χ4v) is 4.24. The van der Waals surface area contributed by atoms with E-state index in [0.717, 1.165) is 37.3 Å². The molecule has 0 bridgehead atoms. The van der Waals surface area contributed by atoms with Crippen LogP contribution in [-0.4, -0.2) is 44.0 Å². The number of fused-ring (bicyclic) bond motifs is 1. The van der Waals surface area contributed by atoms with Gasteiger partial charge in [-0.15, -0.1) is 0 Å². The summed E-state index contributed by atoms with van der Waals surface area (Å²) < 4.78 is 11.3. The van der Waals surface area contributed by atoms with Gasteiger partial charge in [-0.05, 0) is 50.6 Å². The molecule has 2 unspecified atom stereocenters. The molecule has 4 nitrogen and oxygen atoms in total. The molecule has 0 amide bonds. The predicted octanol–water partition coefficient (Wildman–Crippen LogP) is 3.18. The SMILES string of the molecule is CCCOc1cc(C23CCC(=O)CC2N(C)CC3)ccc1OC. The van der Waals surface area contributed by atoms with Crippen molar-refractivity contribution in [2.45, 2.75) is 50.5 Å². The molecule has 3 rings (SSSR count). The molecule has 4 heteroatoms. The number of ether oxygens (including phenoxy) is 2. The molecule has 1 aromatic carbocycles. The smallest absolute Gasteiger partial charge is 0.161 e. The number of ketones is 1. The first-order chi connectivity index (χ1) is 11.1. The number of carbonyl (C=O) groups is 1. The lowest BCUT2D eigenvalue weighted by Gasteiger charge is -2.41. The summed E-state index contributed by atoms with van der Waals surface area (Å²) in [5, 5.41) is 0. The van der Waals surface area contributed by atoms with Crippen molar-refractivity contribution in [3.05, 3.63) is 23.8 Å². The van der Waals surface area contributed by atoms with Crippen molar-refractivity contribution in [3.63, 3.8) is 0 Å². The fraction of sp³-hybridized carbons (Fsp3) is 0.632. The zero-order chi connectivity index (χ0) is 16.4. The molecular formula is C19H27NO3.